The Morgan fingerprint density at radius 3 is 2.43 bits per heavy atom. The average molecular weight is 625 g/mol. The second-order valence-corrected chi connectivity index (χ2v) is 10.5. The Labute approximate surface area is 257 Å². The number of methoxy groups -OCH3 is 3. The lowest BCUT2D eigenvalue weighted by Crippen LogP contribution is -2.29. The van der Waals surface area contributed by atoms with Gasteiger partial charge in [-0.25, -0.2) is 0 Å². The smallest absolute Gasteiger partial charge is 0.311 e. The predicted molar refractivity (Wildman–Crippen MR) is 162 cm³/mol. The first kappa shape index (κ1) is 32.1. The first-order chi connectivity index (χ1) is 21.2. The molecule has 0 aromatic heterocycles. The first-order valence-corrected chi connectivity index (χ1v) is 14.9. The van der Waals surface area contributed by atoms with Gasteiger partial charge in [0.1, 0.15) is 5.75 Å². The lowest BCUT2D eigenvalue weighted by atomic mass is 9.96. The van der Waals surface area contributed by atoms with E-state index < -0.39 is 23.0 Å². The minimum absolute atomic E-state index is 0.0336. The quantitative estimate of drug-likeness (QED) is 0.0740. The van der Waals surface area contributed by atoms with Gasteiger partial charge < -0.3 is 29.1 Å². The van der Waals surface area contributed by atoms with Crippen molar-refractivity contribution in [2.75, 3.05) is 34.2 Å². The maximum Gasteiger partial charge on any atom is 0.311 e. The molecule has 3 aromatic rings. The van der Waals surface area contributed by atoms with Crippen LogP contribution in [0.2, 0.25) is 0 Å². The first-order valence-electron chi connectivity index (χ1n) is 13.6. The molecule has 4 rings (SSSR count). The van der Waals surface area contributed by atoms with Gasteiger partial charge in [-0.1, -0.05) is 18.2 Å². The molecule has 1 N–H and O–H groups in total. The normalized spacial score (nSPS) is 13.4. The van der Waals surface area contributed by atoms with E-state index in [0.29, 0.717) is 40.5 Å². The lowest BCUT2D eigenvalue weighted by molar-refractivity contribution is -0.757. The number of nitrogens with zero attached hydrogens (tertiary/aromatic N) is 1. The molecule has 0 radical (unpaired) electrons. The molecule has 44 heavy (non-hydrogen) atoms. The Morgan fingerprint density at radius 2 is 1.75 bits per heavy atom. The van der Waals surface area contributed by atoms with Crippen molar-refractivity contribution in [1.82, 2.24) is 5.32 Å². The summed E-state index contributed by atoms with van der Waals surface area (Å²) < 4.78 is 22.4. The molecule has 0 bridgehead atoms. The van der Waals surface area contributed by atoms with E-state index in [9.17, 15) is 24.5 Å². The van der Waals surface area contributed by atoms with Gasteiger partial charge in [0.15, 0.2) is 16.9 Å². The number of amides is 1. The van der Waals surface area contributed by atoms with Crippen molar-refractivity contribution in [1.29, 1.82) is 0 Å². The largest absolute Gasteiger partial charge is 0.493 e. The third-order valence-corrected chi connectivity index (χ3v) is 7.90. The molecule has 0 saturated carbocycles. The molecule has 13 heteroatoms. The summed E-state index contributed by atoms with van der Waals surface area (Å²) in [7, 11) is 4.60. The minimum atomic E-state index is -0.935. The number of rotatable bonds is 12. The Kier molecular flexibility index (Phi) is 10.7. The number of carbonyl (C=O) groups is 2. The van der Waals surface area contributed by atoms with Crippen LogP contribution in [0.5, 0.6) is 23.0 Å². The van der Waals surface area contributed by atoms with Gasteiger partial charge >= 0.3 is 5.97 Å². The van der Waals surface area contributed by atoms with Gasteiger partial charge in [0.25, 0.3) is 11.0 Å². The second kappa shape index (κ2) is 14.6. The number of esters is 1. The van der Waals surface area contributed by atoms with Crippen LogP contribution in [-0.4, -0.2) is 51.2 Å². The van der Waals surface area contributed by atoms with Gasteiger partial charge in [-0.2, -0.15) is 0 Å². The van der Waals surface area contributed by atoms with Crippen LogP contribution in [0.15, 0.2) is 58.2 Å². The molecule has 0 heterocycles. The molecule has 0 saturated heterocycles. The Morgan fingerprint density at radius 1 is 1.00 bits per heavy atom. The number of hydrogen-bond acceptors (Lipinski definition) is 11. The van der Waals surface area contributed by atoms with Gasteiger partial charge in [-0.05, 0) is 72.5 Å². The zero-order valence-electron chi connectivity index (χ0n) is 24.7. The maximum atomic E-state index is 13.7. The number of fused-ring (bicyclic) bond motifs is 3. The third kappa shape index (κ3) is 7.05. The fourth-order valence-electron chi connectivity index (χ4n) is 5.14. The van der Waals surface area contributed by atoms with E-state index in [1.54, 1.807) is 31.4 Å². The zero-order valence-corrected chi connectivity index (χ0v) is 25.5. The van der Waals surface area contributed by atoms with Crippen LogP contribution < -0.4 is 29.7 Å². The van der Waals surface area contributed by atoms with Gasteiger partial charge in [-0.15, -0.1) is 21.9 Å². The van der Waals surface area contributed by atoms with E-state index in [2.05, 4.69) is 10.2 Å². The summed E-state index contributed by atoms with van der Waals surface area (Å²) in [4.78, 5) is 54.4. The molecule has 232 valence electrons. The van der Waals surface area contributed by atoms with E-state index >= 15 is 0 Å². The molecular weight excluding hydrogens is 592 g/mol. The van der Waals surface area contributed by atoms with Crippen molar-refractivity contribution in [2.45, 2.75) is 36.6 Å². The number of ether oxygens (including phenoxy) is 4. The van der Waals surface area contributed by atoms with Crippen LogP contribution in [0, 0.1) is 10.1 Å². The minimum Gasteiger partial charge on any atom is -0.493 e. The molecule has 0 spiro atoms. The number of nitrogens with one attached hydrogen (secondary N) is 1. The van der Waals surface area contributed by atoms with Crippen molar-refractivity contribution < 1.29 is 38.5 Å². The van der Waals surface area contributed by atoms with Gasteiger partial charge in [0.2, 0.25) is 5.75 Å². The van der Waals surface area contributed by atoms with Crippen molar-refractivity contribution in [2.24, 2.45) is 0 Å². The topological polar surface area (TPSA) is 153 Å². The van der Waals surface area contributed by atoms with Crippen molar-refractivity contribution in [3.63, 3.8) is 0 Å². The fourth-order valence-corrected chi connectivity index (χ4v) is 5.60. The van der Waals surface area contributed by atoms with Crippen LogP contribution in [0.4, 0.5) is 0 Å². The summed E-state index contributed by atoms with van der Waals surface area (Å²) in [5.74, 6) is 0.239. The fraction of sp³-hybridized carbons (Fsp3) is 0.323. The summed E-state index contributed by atoms with van der Waals surface area (Å²) >= 11 is 1.32. The van der Waals surface area contributed by atoms with Gasteiger partial charge in [0.05, 0.1) is 44.4 Å². The van der Waals surface area contributed by atoms with Crippen molar-refractivity contribution in [3.05, 3.63) is 85.6 Å². The predicted octanol–water partition coefficient (Wildman–Crippen LogP) is 4.77. The zero-order chi connectivity index (χ0) is 31.8. The van der Waals surface area contributed by atoms with Gasteiger partial charge in [0, 0.05) is 12.0 Å². The molecular formula is C31H32N2O10S. The van der Waals surface area contributed by atoms with Crippen LogP contribution in [0.3, 0.4) is 0 Å². The molecule has 1 aliphatic rings. The monoisotopic (exact) mass is 624 g/mol. The standard InChI is InChI=1S/C31H32N2O10S/c1-39-26-17-21-18-12-14-27(44-4)24(34)16-22(18)23(13-11-19(21)29(40-2)30(26)41-3)32-31(36)20-8-5-6-9-25(20)43-28(35)10-7-15-42-33(37)38/h5-6,8-9,12,14,16-17,23H,7,10-11,13,15H2,1-4H3,(H,32,36)/t23-/m0/s1. The number of hydrogen-bond donors (Lipinski definition) is 1. The summed E-state index contributed by atoms with van der Waals surface area (Å²) in [5, 5.41) is 12.4. The lowest BCUT2D eigenvalue weighted by Gasteiger charge is -2.19. The Hall–Kier alpha value is -4.78. The molecule has 1 atom stereocenters. The molecule has 0 fully saturated rings. The highest BCUT2D eigenvalue weighted by atomic mass is 32.2. The summed E-state index contributed by atoms with van der Waals surface area (Å²) in [6.07, 6.45) is 2.62. The highest BCUT2D eigenvalue weighted by Crippen LogP contribution is 2.49. The molecule has 0 aliphatic heterocycles. The van der Waals surface area contributed by atoms with Crippen LogP contribution in [0.25, 0.3) is 11.1 Å². The van der Waals surface area contributed by atoms with E-state index in [0.717, 1.165) is 16.7 Å². The van der Waals surface area contributed by atoms with Crippen LogP contribution in [-0.2, 0) is 16.1 Å². The molecule has 1 aliphatic carbocycles. The van der Waals surface area contributed by atoms with E-state index in [4.69, 9.17) is 18.9 Å². The van der Waals surface area contributed by atoms with Gasteiger partial charge in [-0.3, -0.25) is 14.4 Å². The van der Waals surface area contributed by atoms with Crippen LogP contribution >= 0.6 is 11.8 Å². The molecule has 0 unspecified atom stereocenters. The third-order valence-electron chi connectivity index (χ3n) is 7.13. The van der Waals surface area contributed by atoms with E-state index in [1.807, 2.05) is 18.4 Å². The number of thioether (sulfide) groups is 1. The average Bonchev–Trinajstić information content (AvgIpc) is 3.26. The summed E-state index contributed by atoms with van der Waals surface area (Å²) in [6, 6.07) is 12.7. The van der Waals surface area contributed by atoms with E-state index in [-0.39, 0.29) is 36.2 Å². The Balaban J connectivity index is 1.71. The molecule has 12 nitrogen and oxygen atoms in total. The Bertz CT molecular complexity index is 1630. The SMILES string of the molecule is COc1cc2c(c(OC)c1OC)CC[C@H](NC(=O)c1ccccc1OC(=O)CCCO[N+](=O)[O-])c1cc(=O)c(SC)ccc1-2. The number of benzene rings is 2. The second-order valence-electron chi connectivity index (χ2n) is 9.65. The molecule has 3 aromatic carbocycles. The van der Waals surface area contributed by atoms with Crippen molar-refractivity contribution in [3.8, 4) is 34.1 Å². The summed E-state index contributed by atoms with van der Waals surface area (Å²) in [6.45, 7) is -0.256. The van der Waals surface area contributed by atoms with Crippen LogP contribution in [0.1, 0.15) is 46.8 Å². The summed E-state index contributed by atoms with van der Waals surface area (Å²) in [5.41, 5.74) is 2.86. The highest BCUT2D eigenvalue weighted by molar-refractivity contribution is 7.98. The molecule has 1 amide bonds. The number of carbonyl (C=O) groups excluding carboxylic acids is 2. The van der Waals surface area contributed by atoms with E-state index in [1.165, 1.54) is 38.1 Å². The highest BCUT2D eigenvalue weighted by Gasteiger charge is 2.30. The number of para-hydroxylation sites is 1. The van der Waals surface area contributed by atoms with Crippen molar-refractivity contribution >= 4 is 23.6 Å². The maximum absolute atomic E-state index is 13.7.